The van der Waals surface area contributed by atoms with E-state index in [1.165, 1.54) is 11.8 Å². The van der Waals surface area contributed by atoms with Crippen molar-refractivity contribution >= 4 is 34.0 Å². The molecule has 5 nitrogen and oxygen atoms in total. The largest absolute Gasteiger partial charge is 0.478 e. The maximum absolute atomic E-state index is 11.1. The van der Waals surface area contributed by atoms with Crippen LogP contribution in [0.3, 0.4) is 0 Å². The van der Waals surface area contributed by atoms with Crippen LogP contribution in [0.2, 0.25) is 0 Å². The quantitative estimate of drug-likeness (QED) is 0.730. The molecule has 13 heavy (non-hydrogen) atoms. The summed E-state index contributed by atoms with van der Waals surface area (Å²) in [6, 6.07) is 0. The number of hydrogen-bond acceptors (Lipinski definition) is 4. The molecule has 0 unspecified atom stereocenters. The van der Waals surface area contributed by atoms with E-state index in [2.05, 4.69) is 4.40 Å². The highest BCUT2D eigenvalue weighted by atomic mass is 32.2. The molecule has 0 amide bonds. The highest BCUT2D eigenvalue weighted by molar-refractivity contribution is 8.01. The van der Waals surface area contributed by atoms with E-state index in [4.69, 9.17) is 5.11 Å². The SMILES string of the molecule is CSCC1=C(C(=O)O)C=NS1(=O)=O. The average Bonchev–Trinajstić information content (AvgIpc) is 2.29. The van der Waals surface area contributed by atoms with Crippen molar-refractivity contribution in [2.24, 2.45) is 4.40 Å². The maximum atomic E-state index is 11.1. The van der Waals surface area contributed by atoms with E-state index in [9.17, 15) is 13.2 Å². The zero-order valence-electron chi connectivity index (χ0n) is 6.72. The fraction of sp³-hybridized carbons (Fsp3) is 0.333. The Balaban J connectivity index is 3.20. The van der Waals surface area contributed by atoms with Crippen LogP contribution in [0.1, 0.15) is 0 Å². The van der Waals surface area contributed by atoms with Crippen molar-refractivity contribution in [2.45, 2.75) is 0 Å². The maximum Gasteiger partial charge on any atom is 0.338 e. The van der Waals surface area contributed by atoms with Crippen LogP contribution < -0.4 is 0 Å². The first-order valence-electron chi connectivity index (χ1n) is 3.25. The molecule has 0 saturated heterocycles. The molecule has 7 heteroatoms. The van der Waals surface area contributed by atoms with Crippen LogP contribution in [0, 0.1) is 0 Å². The number of carboxylic acid groups (broad SMARTS) is 1. The normalized spacial score (nSPS) is 19.5. The standard InChI is InChI=1S/C6H7NO4S2/c1-12-3-5-4(6(8)9)2-7-13(5,10)11/h2H,3H2,1H3,(H,8,9). The summed E-state index contributed by atoms with van der Waals surface area (Å²) in [5.41, 5.74) is -0.227. The van der Waals surface area contributed by atoms with Crippen molar-refractivity contribution in [3.8, 4) is 0 Å². The fourth-order valence-corrected chi connectivity index (χ4v) is 3.01. The first-order valence-corrected chi connectivity index (χ1v) is 6.08. The Morgan fingerprint density at radius 2 is 2.31 bits per heavy atom. The van der Waals surface area contributed by atoms with Gasteiger partial charge in [-0.05, 0) is 6.26 Å². The molecule has 0 saturated carbocycles. The fourth-order valence-electron chi connectivity index (χ4n) is 0.854. The minimum Gasteiger partial charge on any atom is -0.478 e. The summed E-state index contributed by atoms with van der Waals surface area (Å²) in [5.74, 6) is -1.11. The van der Waals surface area contributed by atoms with E-state index >= 15 is 0 Å². The molecule has 72 valence electrons. The Bertz CT molecular complexity index is 393. The van der Waals surface area contributed by atoms with Crippen LogP contribution in [-0.2, 0) is 14.8 Å². The number of sulfonamides is 1. The number of aliphatic carboxylic acids is 1. The molecule has 1 rings (SSSR count). The number of rotatable bonds is 3. The van der Waals surface area contributed by atoms with Gasteiger partial charge in [-0.1, -0.05) is 0 Å². The second-order valence-corrected chi connectivity index (χ2v) is 4.80. The van der Waals surface area contributed by atoms with E-state index in [-0.39, 0.29) is 16.2 Å². The van der Waals surface area contributed by atoms with Gasteiger partial charge in [-0.15, -0.1) is 0 Å². The number of nitrogens with zero attached hydrogens (tertiary/aromatic N) is 1. The van der Waals surface area contributed by atoms with Crippen molar-refractivity contribution in [3.05, 3.63) is 10.5 Å². The third-order valence-electron chi connectivity index (χ3n) is 1.44. The van der Waals surface area contributed by atoms with Gasteiger partial charge in [0, 0.05) is 5.75 Å². The molecule has 0 atom stereocenters. The van der Waals surface area contributed by atoms with Gasteiger partial charge in [0.1, 0.15) is 0 Å². The van der Waals surface area contributed by atoms with Crippen LogP contribution in [-0.4, -0.2) is 37.7 Å². The van der Waals surface area contributed by atoms with E-state index in [1.54, 1.807) is 6.26 Å². The lowest BCUT2D eigenvalue weighted by molar-refractivity contribution is -0.132. The number of thioether (sulfide) groups is 1. The summed E-state index contributed by atoms with van der Waals surface area (Å²) in [5, 5.41) is 8.62. The summed E-state index contributed by atoms with van der Waals surface area (Å²) in [6.45, 7) is 0. The summed E-state index contributed by atoms with van der Waals surface area (Å²) < 4.78 is 25.4. The average molecular weight is 221 g/mol. The second kappa shape index (κ2) is 3.51. The lowest BCUT2D eigenvalue weighted by Crippen LogP contribution is -2.07. The van der Waals surface area contributed by atoms with Gasteiger partial charge in [0.2, 0.25) is 0 Å². The number of carbonyl (C=O) groups is 1. The zero-order chi connectivity index (χ0) is 10.1. The smallest absolute Gasteiger partial charge is 0.338 e. The summed E-state index contributed by atoms with van der Waals surface area (Å²) in [6.07, 6.45) is 2.57. The Morgan fingerprint density at radius 3 is 2.77 bits per heavy atom. The lowest BCUT2D eigenvalue weighted by Gasteiger charge is -1.98. The Kier molecular flexibility index (Phi) is 2.77. The highest BCUT2D eigenvalue weighted by Crippen LogP contribution is 2.22. The minimum absolute atomic E-state index is 0.118. The van der Waals surface area contributed by atoms with Crippen molar-refractivity contribution < 1.29 is 18.3 Å². The molecule has 0 aromatic heterocycles. The molecule has 0 spiro atoms. The van der Waals surface area contributed by atoms with Crippen molar-refractivity contribution in [1.82, 2.24) is 0 Å². The molecule has 1 heterocycles. The van der Waals surface area contributed by atoms with Crippen LogP contribution in [0.25, 0.3) is 0 Å². The summed E-state index contributed by atoms with van der Waals surface area (Å²) in [7, 11) is -3.70. The Labute approximate surface area is 79.6 Å². The Morgan fingerprint density at radius 1 is 1.69 bits per heavy atom. The van der Waals surface area contributed by atoms with Crippen LogP contribution in [0.15, 0.2) is 14.9 Å². The van der Waals surface area contributed by atoms with Gasteiger partial charge in [0.05, 0.1) is 16.7 Å². The highest BCUT2D eigenvalue weighted by Gasteiger charge is 2.28. The van der Waals surface area contributed by atoms with Crippen LogP contribution in [0.5, 0.6) is 0 Å². The van der Waals surface area contributed by atoms with Gasteiger partial charge >= 0.3 is 5.97 Å². The van der Waals surface area contributed by atoms with Gasteiger partial charge < -0.3 is 5.11 Å². The van der Waals surface area contributed by atoms with E-state index < -0.39 is 16.0 Å². The second-order valence-electron chi connectivity index (χ2n) is 2.28. The van der Waals surface area contributed by atoms with Crippen molar-refractivity contribution in [2.75, 3.05) is 12.0 Å². The van der Waals surface area contributed by atoms with Gasteiger partial charge in [-0.3, -0.25) is 0 Å². The van der Waals surface area contributed by atoms with E-state index in [0.29, 0.717) is 0 Å². The number of hydrogen-bond donors (Lipinski definition) is 1. The zero-order valence-corrected chi connectivity index (χ0v) is 8.35. The molecule has 1 aliphatic heterocycles. The molecule has 1 aliphatic rings. The molecule has 0 bridgehead atoms. The first kappa shape index (κ1) is 10.3. The third-order valence-corrected chi connectivity index (χ3v) is 3.57. The van der Waals surface area contributed by atoms with Crippen molar-refractivity contribution in [3.63, 3.8) is 0 Å². The first-order chi connectivity index (χ1) is 5.99. The van der Waals surface area contributed by atoms with Gasteiger partial charge in [-0.2, -0.15) is 24.6 Å². The molecule has 0 aromatic carbocycles. The molecular weight excluding hydrogens is 214 g/mol. The monoisotopic (exact) mass is 221 g/mol. The molecule has 0 aliphatic carbocycles. The van der Waals surface area contributed by atoms with Gasteiger partial charge in [0.25, 0.3) is 10.0 Å². The van der Waals surface area contributed by atoms with E-state index in [0.717, 1.165) is 6.21 Å². The summed E-state index contributed by atoms with van der Waals surface area (Å²) >= 11 is 1.24. The van der Waals surface area contributed by atoms with E-state index in [1.807, 2.05) is 0 Å². The Hall–Kier alpha value is -0.820. The predicted molar refractivity (Wildman–Crippen MR) is 50.5 cm³/mol. The molecule has 0 fully saturated rings. The molecule has 1 N–H and O–H groups in total. The third kappa shape index (κ3) is 1.92. The van der Waals surface area contributed by atoms with Crippen LogP contribution >= 0.6 is 11.8 Å². The topological polar surface area (TPSA) is 83.8 Å². The molecule has 0 radical (unpaired) electrons. The van der Waals surface area contributed by atoms with Gasteiger partial charge in [-0.25, -0.2) is 4.79 Å². The molecular formula is C6H7NO4S2. The van der Waals surface area contributed by atoms with Crippen LogP contribution in [0.4, 0.5) is 0 Å². The minimum atomic E-state index is -3.70. The van der Waals surface area contributed by atoms with Crippen molar-refractivity contribution in [1.29, 1.82) is 0 Å². The lowest BCUT2D eigenvalue weighted by atomic mass is 10.3. The van der Waals surface area contributed by atoms with Gasteiger partial charge in [0.15, 0.2) is 0 Å². The summed E-state index contributed by atoms with van der Waals surface area (Å²) in [4.78, 5) is 10.4. The predicted octanol–water partition coefficient (Wildman–Crippen LogP) is 0.102. The molecule has 0 aromatic rings. The number of carboxylic acids is 1.